The van der Waals surface area contributed by atoms with E-state index in [2.05, 4.69) is 21.9 Å². The van der Waals surface area contributed by atoms with E-state index >= 15 is 0 Å². The first-order valence-corrected chi connectivity index (χ1v) is 6.41. The van der Waals surface area contributed by atoms with Gasteiger partial charge < -0.3 is 10.3 Å². The van der Waals surface area contributed by atoms with Crippen LogP contribution in [0.3, 0.4) is 0 Å². The fourth-order valence-electron chi connectivity index (χ4n) is 1.88. The lowest BCUT2D eigenvalue weighted by molar-refractivity contribution is 0.312. The van der Waals surface area contributed by atoms with Crippen LogP contribution in [0, 0.1) is 0 Å². The summed E-state index contributed by atoms with van der Waals surface area (Å²) < 4.78 is 2.26. The van der Waals surface area contributed by atoms with Gasteiger partial charge in [-0.2, -0.15) is 0 Å². The minimum atomic E-state index is 0.643. The first kappa shape index (κ1) is 14.5. The van der Waals surface area contributed by atoms with Crippen molar-refractivity contribution in [3.05, 3.63) is 49.1 Å². The number of hydrogen-bond acceptors (Lipinski definition) is 2. The molecule has 2 N–H and O–H groups in total. The summed E-state index contributed by atoms with van der Waals surface area (Å²) in [6, 6.07) is 0.643. The SMILES string of the molecule is C=C(/C=C\C=C/C)c1cncn1C1CCC1.CN. The van der Waals surface area contributed by atoms with Crippen LogP contribution in [0.5, 0.6) is 0 Å². The van der Waals surface area contributed by atoms with Gasteiger partial charge in [-0.3, -0.25) is 0 Å². The van der Waals surface area contributed by atoms with Crippen molar-refractivity contribution in [2.45, 2.75) is 32.2 Å². The molecule has 1 aliphatic carbocycles. The second kappa shape index (κ2) is 7.67. The van der Waals surface area contributed by atoms with E-state index in [0.29, 0.717) is 6.04 Å². The second-order valence-corrected chi connectivity index (χ2v) is 4.18. The fraction of sp³-hybridized carbons (Fsp3) is 0.400. The molecule has 0 unspecified atom stereocenters. The Labute approximate surface area is 110 Å². The van der Waals surface area contributed by atoms with E-state index in [4.69, 9.17) is 0 Å². The molecule has 0 saturated heterocycles. The van der Waals surface area contributed by atoms with Crippen molar-refractivity contribution in [1.29, 1.82) is 0 Å². The van der Waals surface area contributed by atoms with Gasteiger partial charge >= 0.3 is 0 Å². The Morgan fingerprint density at radius 1 is 1.44 bits per heavy atom. The van der Waals surface area contributed by atoms with Crippen LogP contribution in [0.1, 0.15) is 37.9 Å². The summed E-state index contributed by atoms with van der Waals surface area (Å²) >= 11 is 0. The summed E-state index contributed by atoms with van der Waals surface area (Å²) in [5, 5.41) is 0. The highest BCUT2D eigenvalue weighted by Gasteiger charge is 2.21. The van der Waals surface area contributed by atoms with Crippen molar-refractivity contribution in [3.8, 4) is 0 Å². The molecule has 1 aromatic rings. The number of nitrogens with two attached hydrogens (primary N) is 1. The van der Waals surface area contributed by atoms with Crippen molar-refractivity contribution in [2.24, 2.45) is 5.73 Å². The molecule has 0 bridgehead atoms. The first-order valence-electron chi connectivity index (χ1n) is 6.41. The lowest BCUT2D eigenvalue weighted by atomic mass is 9.92. The molecule has 0 radical (unpaired) electrons. The topological polar surface area (TPSA) is 43.8 Å². The van der Waals surface area contributed by atoms with Gasteiger partial charge in [-0.1, -0.05) is 30.9 Å². The summed E-state index contributed by atoms with van der Waals surface area (Å²) in [6.07, 6.45) is 15.8. The average Bonchev–Trinajstić information content (AvgIpc) is 2.79. The van der Waals surface area contributed by atoms with Gasteiger partial charge in [0.25, 0.3) is 0 Å². The van der Waals surface area contributed by atoms with Crippen molar-refractivity contribution in [3.63, 3.8) is 0 Å². The van der Waals surface area contributed by atoms with Crippen molar-refractivity contribution in [1.82, 2.24) is 9.55 Å². The Balaban J connectivity index is 0.000000771. The predicted octanol–water partition coefficient (Wildman–Crippen LogP) is 3.33. The van der Waals surface area contributed by atoms with E-state index in [1.807, 2.05) is 43.8 Å². The van der Waals surface area contributed by atoms with E-state index in [-0.39, 0.29) is 0 Å². The maximum atomic E-state index is 4.50. The van der Waals surface area contributed by atoms with Crippen LogP contribution in [0.4, 0.5) is 0 Å². The highest BCUT2D eigenvalue weighted by Crippen LogP contribution is 2.33. The Hall–Kier alpha value is -1.61. The Bertz CT molecular complexity index is 423. The zero-order chi connectivity index (χ0) is 13.4. The lowest BCUT2D eigenvalue weighted by Gasteiger charge is -2.28. The summed E-state index contributed by atoms with van der Waals surface area (Å²) in [5.74, 6) is 0. The number of allylic oxidation sites excluding steroid dienone is 5. The number of hydrogen-bond donors (Lipinski definition) is 1. The maximum absolute atomic E-state index is 4.50. The molecule has 3 heteroatoms. The number of rotatable bonds is 4. The van der Waals surface area contributed by atoms with Crippen LogP contribution in [0.25, 0.3) is 5.57 Å². The van der Waals surface area contributed by atoms with E-state index in [1.165, 1.54) is 26.3 Å². The first-order chi connectivity index (χ1) is 8.83. The highest BCUT2D eigenvalue weighted by atomic mass is 15.1. The average molecular weight is 245 g/mol. The molecule has 3 nitrogen and oxygen atoms in total. The molecular formula is C15H23N3. The molecule has 0 aliphatic heterocycles. The molecule has 1 saturated carbocycles. The molecule has 98 valence electrons. The summed E-state index contributed by atoms with van der Waals surface area (Å²) in [6.45, 7) is 6.09. The fourth-order valence-corrected chi connectivity index (χ4v) is 1.88. The van der Waals surface area contributed by atoms with Gasteiger partial charge in [0, 0.05) is 6.04 Å². The normalized spacial score (nSPS) is 15.5. The quantitative estimate of drug-likeness (QED) is 0.827. The second-order valence-electron chi connectivity index (χ2n) is 4.18. The number of aromatic nitrogens is 2. The molecule has 0 atom stereocenters. The Morgan fingerprint density at radius 3 is 2.72 bits per heavy atom. The molecule has 18 heavy (non-hydrogen) atoms. The van der Waals surface area contributed by atoms with Crippen LogP contribution in [0.15, 0.2) is 43.4 Å². The number of imidazole rings is 1. The van der Waals surface area contributed by atoms with Crippen LogP contribution in [0.2, 0.25) is 0 Å². The molecule has 2 rings (SSSR count). The van der Waals surface area contributed by atoms with Gasteiger partial charge in [0.05, 0.1) is 18.2 Å². The predicted molar refractivity (Wildman–Crippen MR) is 78.2 cm³/mol. The van der Waals surface area contributed by atoms with Crippen molar-refractivity contribution >= 4 is 5.57 Å². The largest absolute Gasteiger partial charge is 0.333 e. The van der Waals surface area contributed by atoms with Gasteiger partial charge in [-0.05, 0) is 38.8 Å². The summed E-state index contributed by atoms with van der Waals surface area (Å²) in [5.41, 5.74) is 6.67. The maximum Gasteiger partial charge on any atom is 0.0953 e. The molecular weight excluding hydrogens is 222 g/mol. The standard InChI is InChI=1S/C14H18N2.CH5N/c1-3-4-5-7-12(2)14-10-15-11-16(14)13-8-6-9-13;1-2/h3-5,7,10-11,13H,2,6,8-9H2,1H3;2H2,1H3/b4-3-,7-5-;. The molecule has 0 amide bonds. The van der Waals surface area contributed by atoms with Crippen LogP contribution < -0.4 is 5.73 Å². The monoisotopic (exact) mass is 245 g/mol. The third-order valence-electron chi connectivity index (χ3n) is 3.06. The van der Waals surface area contributed by atoms with Crippen molar-refractivity contribution in [2.75, 3.05) is 7.05 Å². The Kier molecular flexibility index (Phi) is 6.15. The number of nitrogens with zero attached hydrogens (tertiary/aromatic N) is 2. The minimum Gasteiger partial charge on any atom is -0.333 e. The van der Waals surface area contributed by atoms with E-state index in [1.54, 1.807) is 0 Å². The third-order valence-corrected chi connectivity index (χ3v) is 3.06. The van der Waals surface area contributed by atoms with Crippen LogP contribution in [-0.2, 0) is 0 Å². The molecule has 1 fully saturated rings. The third kappa shape index (κ3) is 3.44. The molecule has 1 aromatic heterocycles. The van der Waals surface area contributed by atoms with E-state index in [9.17, 15) is 0 Å². The van der Waals surface area contributed by atoms with Gasteiger partial charge in [-0.25, -0.2) is 4.98 Å². The minimum absolute atomic E-state index is 0.643. The van der Waals surface area contributed by atoms with E-state index in [0.717, 1.165) is 11.3 Å². The lowest BCUT2D eigenvalue weighted by Crippen LogP contribution is -2.17. The van der Waals surface area contributed by atoms with Gasteiger partial charge in [0.2, 0.25) is 0 Å². The smallest absolute Gasteiger partial charge is 0.0953 e. The van der Waals surface area contributed by atoms with E-state index < -0.39 is 0 Å². The highest BCUT2D eigenvalue weighted by molar-refractivity contribution is 5.69. The molecule has 0 aromatic carbocycles. The zero-order valence-electron chi connectivity index (χ0n) is 11.3. The summed E-state index contributed by atoms with van der Waals surface area (Å²) in [7, 11) is 1.50. The van der Waals surface area contributed by atoms with Crippen molar-refractivity contribution < 1.29 is 0 Å². The molecule has 1 aliphatic rings. The molecule has 0 spiro atoms. The summed E-state index contributed by atoms with van der Waals surface area (Å²) in [4.78, 5) is 4.22. The Morgan fingerprint density at radius 2 is 2.17 bits per heavy atom. The van der Waals surface area contributed by atoms with Gasteiger partial charge in [0.15, 0.2) is 0 Å². The van der Waals surface area contributed by atoms with Crippen LogP contribution in [-0.4, -0.2) is 16.6 Å². The van der Waals surface area contributed by atoms with Crippen LogP contribution >= 0.6 is 0 Å². The zero-order valence-corrected chi connectivity index (χ0v) is 11.3. The van der Waals surface area contributed by atoms with Gasteiger partial charge in [-0.15, -0.1) is 0 Å². The van der Waals surface area contributed by atoms with Gasteiger partial charge in [0.1, 0.15) is 0 Å². The molecule has 1 heterocycles.